The molecule has 4 rings (SSSR count). The molecule has 152 valence electrons. The van der Waals surface area contributed by atoms with Crippen LogP contribution in [0.3, 0.4) is 0 Å². The molecule has 1 amide bonds. The number of thiazole rings is 1. The normalized spacial score (nSPS) is 14.8. The molecule has 0 atom stereocenters. The molecular weight excluding hydrogens is 410 g/mol. The van der Waals surface area contributed by atoms with Gasteiger partial charge in [0.1, 0.15) is 5.75 Å². The van der Waals surface area contributed by atoms with Crippen molar-refractivity contribution in [3.63, 3.8) is 0 Å². The number of ether oxygens (including phenoxy) is 2. The highest BCUT2D eigenvalue weighted by atomic mass is 35.5. The Hall–Kier alpha value is -2.19. The molecule has 3 aromatic rings. The Kier molecular flexibility index (Phi) is 6.61. The van der Waals surface area contributed by atoms with E-state index in [1.54, 1.807) is 12.1 Å². The highest BCUT2D eigenvalue weighted by molar-refractivity contribution is 7.22. The maximum atomic E-state index is 12.2. The standard InChI is InChI=1S/C21H22ClN3O3S/c22-16-3-1-2-4-18(16)28-10-7-20(26)24-21-23-17-6-5-15(13-19(17)29-21)14-25-8-11-27-12-9-25/h1-6,13H,7-12,14H2,(H,23,24,26). The molecule has 0 spiro atoms. The molecule has 1 saturated heterocycles. The molecule has 0 radical (unpaired) electrons. The van der Waals surface area contributed by atoms with Crippen molar-refractivity contribution in [3.8, 4) is 5.75 Å². The van der Waals surface area contributed by atoms with E-state index in [1.807, 2.05) is 18.2 Å². The molecule has 0 bridgehead atoms. The number of amides is 1. The minimum atomic E-state index is -0.135. The van der Waals surface area contributed by atoms with Crippen LogP contribution in [0.5, 0.6) is 5.75 Å². The maximum Gasteiger partial charge on any atom is 0.229 e. The van der Waals surface area contributed by atoms with Gasteiger partial charge in [-0.2, -0.15) is 0 Å². The molecule has 0 aliphatic carbocycles. The molecule has 0 saturated carbocycles. The van der Waals surface area contributed by atoms with Crippen molar-refractivity contribution < 1.29 is 14.3 Å². The molecular formula is C21H22ClN3O3S. The number of hydrogen-bond donors (Lipinski definition) is 1. The zero-order valence-electron chi connectivity index (χ0n) is 15.9. The number of para-hydroxylation sites is 1. The fourth-order valence-electron chi connectivity index (χ4n) is 3.14. The first-order chi connectivity index (χ1) is 14.2. The number of rotatable bonds is 7. The van der Waals surface area contributed by atoms with Crippen molar-refractivity contribution >= 4 is 44.2 Å². The lowest BCUT2D eigenvalue weighted by atomic mass is 10.2. The lowest BCUT2D eigenvalue weighted by molar-refractivity contribution is -0.116. The summed E-state index contributed by atoms with van der Waals surface area (Å²) in [5, 5.41) is 4.00. The average Bonchev–Trinajstić information content (AvgIpc) is 3.11. The van der Waals surface area contributed by atoms with Gasteiger partial charge in [-0.25, -0.2) is 4.98 Å². The van der Waals surface area contributed by atoms with Gasteiger partial charge in [0, 0.05) is 19.6 Å². The van der Waals surface area contributed by atoms with Crippen molar-refractivity contribution in [1.82, 2.24) is 9.88 Å². The molecule has 1 fully saturated rings. The van der Waals surface area contributed by atoms with E-state index in [2.05, 4.69) is 27.3 Å². The van der Waals surface area contributed by atoms with Gasteiger partial charge in [-0.3, -0.25) is 9.69 Å². The highest BCUT2D eigenvalue weighted by Crippen LogP contribution is 2.28. The van der Waals surface area contributed by atoms with E-state index in [0.717, 1.165) is 43.1 Å². The van der Waals surface area contributed by atoms with E-state index in [-0.39, 0.29) is 18.9 Å². The Labute approximate surface area is 178 Å². The second-order valence-corrected chi connectivity index (χ2v) is 8.22. The number of hydrogen-bond acceptors (Lipinski definition) is 6. The van der Waals surface area contributed by atoms with Crippen LogP contribution in [-0.2, 0) is 16.1 Å². The first-order valence-corrected chi connectivity index (χ1v) is 10.7. The molecule has 1 aliphatic heterocycles. The summed E-state index contributed by atoms with van der Waals surface area (Å²) in [5.74, 6) is 0.444. The minimum Gasteiger partial charge on any atom is -0.491 e. The second kappa shape index (κ2) is 9.54. The Morgan fingerprint density at radius 3 is 2.90 bits per heavy atom. The number of carbonyl (C=O) groups is 1. The molecule has 0 unspecified atom stereocenters. The quantitative estimate of drug-likeness (QED) is 0.607. The number of nitrogens with zero attached hydrogens (tertiary/aromatic N) is 2. The number of benzene rings is 2. The van der Waals surface area contributed by atoms with Crippen LogP contribution in [0, 0.1) is 0 Å². The average molecular weight is 432 g/mol. The number of fused-ring (bicyclic) bond motifs is 1. The summed E-state index contributed by atoms with van der Waals surface area (Å²) < 4.78 is 12.0. The van der Waals surface area contributed by atoms with Gasteiger partial charge >= 0.3 is 0 Å². The van der Waals surface area contributed by atoms with Crippen LogP contribution in [0.1, 0.15) is 12.0 Å². The molecule has 1 aliphatic rings. The van der Waals surface area contributed by atoms with Crippen LogP contribution in [0.4, 0.5) is 5.13 Å². The lowest BCUT2D eigenvalue weighted by Crippen LogP contribution is -2.35. The predicted octanol–water partition coefficient (Wildman–Crippen LogP) is 4.19. The summed E-state index contributed by atoms with van der Waals surface area (Å²) in [5.41, 5.74) is 2.14. The van der Waals surface area contributed by atoms with E-state index in [9.17, 15) is 4.79 Å². The molecule has 2 aromatic carbocycles. The Morgan fingerprint density at radius 1 is 1.24 bits per heavy atom. The van der Waals surface area contributed by atoms with Crippen molar-refractivity contribution in [3.05, 3.63) is 53.1 Å². The third-order valence-corrected chi connectivity index (χ3v) is 5.88. The van der Waals surface area contributed by atoms with Gasteiger partial charge in [0.15, 0.2) is 5.13 Å². The monoisotopic (exact) mass is 431 g/mol. The summed E-state index contributed by atoms with van der Waals surface area (Å²) >= 11 is 7.53. The van der Waals surface area contributed by atoms with Gasteiger partial charge in [0.2, 0.25) is 5.91 Å². The van der Waals surface area contributed by atoms with Gasteiger partial charge in [0.05, 0.1) is 41.5 Å². The van der Waals surface area contributed by atoms with Crippen LogP contribution in [0.2, 0.25) is 5.02 Å². The number of aromatic nitrogens is 1. The second-order valence-electron chi connectivity index (χ2n) is 6.79. The molecule has 8 heteroatoms. The van der Waals surface area contributed by atoms with Crippen molar-refractivity contribution in [1.29, 1.82) is 0 Å². The number of nitrogens with one attached hydrogen (secondary N) is 1. The van der Waals surface area contributed by atoms with Crippen LogP contribution in [-0.4, -0.2) is 48.7 Å². The van der Waals surface area contributed by atoms with Gasteiger partial charge in [0.25, 0.3) is 0 Å². The fourth-order valence-corrected chi connectivity index (χ4v) is 4.27. The van der Waals surface area contributed by atoms with Gasteiger partial charge in [-0.15, -0.1) is 0 Å². The predicted molar refractivity (Wildman–Crippen MR) is 116 cm³/mol. The van der Waals surface area contributed by atoms with Crippen LogP contribution < -0.4 is 10.1 Å². The first kappa shape index (κ1) is 20.1. The summed E-state index contributed by atoms with van der Waals surface area (Å²) in [6.07, 6.45) is 0.226. The molecule has 29 heavy (non-hydrogen) atoms. The number of anilines is 1. The van der Waals surface area contributed by atoms with E-state index < -0.39 is 0 Å². The van der Waals surface area contributed by atoms with Crippen LogP contribution in [0.15, 0.2) is 42.5 Å². The topological polar surface area (TPSA) is 63.7 Å². The Morgan fingerprint density at radius 2 is 2.07 bits per heavy atom. The van der Waals surface area contributed by atoms with Crippen molar-refractivity contribution in [2.45, 2.75) is 13.0 Å². The van der Waals surface area contributed by atoms with E-state index in [4.69, 9.17) is 21.1 Å². The Bertz CT molecular complexity index is 988. The minimum absolute atomic E-state index is 0.135. The van der Waals surface area contributed by atoms with Crippen molar-refractivity contribution in [2.24, 2.45) is 0 Å². The zero-order valence-corrected chi connectivity index (χ0v) is 17.5. The summed E-state index contributed by atoms with van der Waals surface area (Å²) in [6, 6.07) is 13.5. The summed E-state index contributed by atoms with van der Waals surface area (Å²) in [6.45, 7) is 4.65. The third kappa shape index (κ3) is 5.45. The van der Waals surface area contributed by atoms with Gasteiger partial charge in [-0.1, -0.05) is 41.1 Å². The highest BCUT2D eigenvalue weighted by Gasteiger charge is 2.13. The lowest BCUT2D eigenvalue weighted by Gasteiger charge is -2.26. The molecule has 2 heterocycles. The Balaban J connectivity index is 1.31. The molecule has 6 nitrogen and oxygen atoms in total. The molecule has 1 N–H and O–H groups in total. The fraction of sp³-hybridized carbons (Fsp3) is 0.333. The van der Waals surface area contributed by atoms with E-state index in [1.165, 1.54) is 16.9 Å². The SMILES string of the molecule is O=C(CCOc1ccccc1Cl)Nc1nc2ccc(CN3CCOCC3)cc2s1. The van der Waals surface area contributed by atoms with Gasteiger partial charge < -0.3 is 14.8 Å². The van der Waals surface area contributed by atoms with Crippen LogP contribution in [0.25, 0.3) is 10.2 Å². The number of halogens is 1. The van der Waals surface area contributed by atoms with E-state index in [0.29, 0.717) is 15.9 Å². The zero-order chi connectivity index (χ0) is 20.1. The van der Waals surface area contributed by atoms with E-state index >= 15 is 0 Å². The number of carbonyl (C=O) groups excluding carboxylic acids is 1. The number of morpholine rings is 1. The smallest absolute Gasteiger partial charge is 0.229 e. The first-order valence-electron chi connectivity index (χ1n) is 9.54. The van der Waals surface area contributed by atoms with Crippen LogP contribution >= 0.6 is 22.9 Å². The largest absolute Gasteiger partial charge is 0.491 e. The summed E-state index contributed by atoms with van der Waals surface area (Å²) in [7, 11) is 0. The summed E-state index contributed by atoms with van der Waals surface area (Å²) in [4.78, 5) is 19.1. The maximum absolute atomic E-state index is 12.2. The third-order valence-electron chi connectivity index (χ3n) is 4.63. The van der Waals surface area contributed by atoms with Gasteiger partial charge in [-0.05, 0) is 29.8 Å². The van der Waals surface area contributed by atoms with Crippen molar-refractivity contribution in [2.75, 3.05) is 38.2 Å². The molecule has 1 aromatic heterocycles.